The molecule has 3 aromatic rings. The first kappa shape index (κ1) is 44.7. The molecule has 6 atom stereocenters. The molecule has 3 saturated carbocycles. The Morgan fingerprint density at radius 2 is 1.77 bits per heavy atom. The van der Waals surface area contributed by atoms with Gasteiger partial charge in [0.15, 0.2) is 10.9 Å². The Bertz CT molecular complexity index is 2230. The van der Waals surface area contributed by atoms with E-state index in [1.54, 1.807) is 51.1 Å². The van der Waals surface area contributed by atoms with Gasteiger partial charge in [0.05, 0.1) is 37.6 Å². The second-order valence-electron chi connectivity index (χ2n) is 18.0. The first-order valence-electron chi connectivity index (χ1n) is 20.6. The standard InChI is InChI=1S/C43H52BN5O12S/c1-41(2,3)59-37(53)28-15-11-14-25(34(28)57-7)18-27(44-60-32-20-26-19-31(42(26,4)5)43(32,6)61-44)21-30(50)33(46-39(54)48-16-17-49(56)36(52)35(48)51)29-23-62-38(45-29)47-40(55)58-22-24-12-9-8-10-13-24/h8-15,23,26-27,31-33,56H,16-22H2,1-7H3,(H,46,54)(H,45,47,55)/t26-,27-,31+,32?,33?,43+/m1/s1. The van der Waals surface area contributed by atoms with Crippen molar-refractivity contribution >= 4 is 59.3 Å². The van der Waals surface area contributed by atoms with Gasteiger partial charge in [-0.3, -0.25) is 29.8 Å². The van der Waals surface area contributed by atoms with Gasteiger partial charge in [-0.15, -0.1) is 11.3 Å². The lowest BCUT2D eigenvalue weighted by atomic mass is 9.43. The summed E-state index contributed by atoms with van der Waals surface area (Å²) in [5, 5.41) is 16.7. The number of methoxy groups -OCH3 is 1. The number of anilines is 1. The van der Waals surface area contributed by atoms with Crippen molar-refractivity contribution in [2.24, 2.45) is 17.3 Å². The van der Waals surface area contributed by atoms with Crippen LogP contribution < -0.4 is 15.4 Å². The van der Waals surface area contributed by atoms with Crippen LogP contribution in [0.25, 0.3) is 0 Å². The van der Waals surface area contributed by atoms with Gasteiger partial charge in [-0.25, -0.2) is 24.4 Å². The van der Waals surface area contributed by atoms with Crippen molar-refractivity contribution in [1.29, 1.82) is 0 Å². The number of nitrogens with zero attached hydrogens (tertiary/aromatic N) is 3. The largest absolute Gasteiger partial charge is 0.496 e. The van der Waals surface area contributed by atoms with Gasteiger partial charge in [0, 0.05) is 17.6 Å². The molecule has 0 radical (unpaired) electrons. The van der Waals surface area contributed by atoms with E-state index in [0.717, 1.165) is 29.7 Å². The minimum atomic E-state index is -1.51. The van der Waals surface area contributed by atoms with Crippen LogP contribution in [0.2, 0.25) is 5.82 Å². The lowest BCUT2D eigenvalue weighted by molar-refractivity contribution is -0.199. The molecule has 19 heteroatoms. The minimum absolute atomic E-state index is 0.00705. The highest BCUT2D eigenvalue weighted by Gasteiger charge is 2.68. The molecule has 5 amide bonds. The quantitative estimate of drug-likeness (QED) is 0.0784. The number of ketones is 1. The number of carbonyl (C=O) groups is 6. The van der Waals surface area contributed by atoms with Crippen LogP contribution in [0, 0.1) is 17.3 Å². The molecular weight excluding hydrogens is 821 g/mol. The summed E-state index contributed by atoms with van der Waals surface area (Å²) < 4.78 is 30.5. The zero-order valence-electron chi connectivity index (χ0n) is 35.8. The van der Waals surface area contributed by atoms with Crippen LogP contribution in [0.15, 0.2) is 53.9 Å². The van der Waals surface area contributed by atoms with E-state index in [2.05, 4.69) is 36.4 Å². The molecule has 3 N–H and O–H groups in total. The van der Waals surface area contributed by atoms with Crippen LogP contribution in [0.1, 0.15) is 94.0 Å². The second kappa shape index (κ2) is 17.4. The van der Waals surface area contributed by atoms with E-state index >= 15 is 0 Å². The minimum Gasteiger partial charge on any atom is -0.496 e. The summed E-state index contributed by atoms with van der Waals surface area (Å²) in [5.74, 6) is -3.56. The molecule has 2 bridgehead atoms. The van der Waals surface area contributed by atoms with E-state index in [-0.39, 0.29) is 77.2 Å². The van der Waals surface area contributed by atoms with Crippen molar-refractivity contribution in [2.45, 2.75) is 103 Å². The molecule has 3 aliphatic carbocycles. The molecule has 0 spiro atoms. The molecule has 62 heavy (non-hydrogen) atoms. The highest BCUT2D eigenvalue weighted by atomic mass is 32.1. The molecule has 2 aliphatic heterocycles. The molecule has 2 unspecified atom stereocenters. The fourth-order valence-corrected chi connectivity index (χ4v) is 9.89. The number of ether oxygens (including phenoxy) is 3. The third-order valence-electron chi connectivity index (χ3n) is 12.5. The number of para-hydroxylation sites is 1. The number of aromatic nitrogens is 1. The Morgan fingerprint density at radius 3 is 2.47 bits per heavy atom. The number of benzene rings is 2. The van der Waals surface area contributed by atoms with E-state index < -0.39 is 65.9 Å². The number of hydroxylamine groups is 2. The zero-order valence-corrected chi connectivity index (χ0v) is 36.6. The predicted molar refractivity (Wildman–Crippen MR) is 224 cm³/mol. The topological polar surface area (TPSA) is 212 Å². The number of thiazole rings is 1. The fraction of sp³-hybridized carbons (Fsp3) is 0.512. The number of esters is 1. The van der Waals surface area contributed by atoms with Gasteiger partial charge in [0.2, 0.25) is 0 Å². The maximum Gasteiger partial charge on any atom is 0.461 e. The second-order valence-corrected chi connectivity index (χ2v) is 18.9. The summed E-state index contributed by atoms with van der Waals surface area (Å²) >= 11 is 0.976. The molecule has 8 rings (SSSR count). The van der Waals surface area contributed by atoms with Crippen molar-refractivity contribution in [3.05, 3.63) is 76.3 Å². The van der Waals surface area contributed by atoms with Crippen LogP contribution >= 0.6 is 11.3 Å². The lowest BCUT2D eigenvalue weighted by Crippen LogP contribution is -2.65. The summed E-state index contributed by atoms with van der Waals surface area (Å²) in [4.78, 5) is 85.0. The van der Waals surface area contributed by atoms with E-state index in [1.807, 2.05) is 18.2 Å². The number of amides is 5. The Labute approximate surface area is 363 Å². The van der Waals surface area contributed by atoms with Crippen molar-refractivity contribution < 1.29 is 57.5 Å². The third-order valence-corrected chi connectivity index (χ3v) is 13.3. The van der Waals surface area contributed by atoms with E-state index in [0.29, 0.717) is 16.4 Å². The van der Waals surface area contributed by atoms with E-state index in [1.165, 1.54) is 12.5 Å². The maximum absolute atomic E-state index is 14.9. The van der Waals surface area contributed by atoms with Crippen LogP contribution in [0.4, 0.5) is 14.7 Å². The van der Waals surface area contributed by atoms with Crippen LogP contribution in [0.5, 0.6) is 5.75 Å². The molecule has 5 fully saturated rings. The normalized spacial score (nSPS) is 23.7. The zero-order chi connectivity index (χ0) is 44.7. The highest BCUT2D eigenvalue weighted by molar-refractivity contribution is 7.13. The third kappa shape index (κ3) is 9.07. The van der Waals surface area contributed by atoms with Gasteiger partial charge in [0.25, 0.3) is 0 Å². The van der Waals surface area contributed by atoms with Gasteiger partial charge in [0.1, 0.15) is 29.6 Å². The molecule has 1 aromatic heterocycles. The molecule has 330 valence electrons. The fourth-order valence-electron chi connectivity index (χ4n) is 9.17. The Kier molecular flexibility index (Phi) is 12.6. The molecule has 5 aliphatic rings. The summed E-state index contributed by atoms with van der Waals surface area (Å²) in [6.07, 6.45) is 0.581. The number of imide groups is 1. The average Bonchev–Trinajstić information content (AvgIpc) is 3.84. The number of hydrogen-bond acceptors (Lipinski definition) is 14. The van der Waals surface area contributed by atoms with Gasteiger partial charge < -0.3 is 28.8 Å². The van der Waals surface area contributed by atoms with Crippen LogP contribution in [0.3, 0.4) is 0 Å². The van der Waals surface area contributed by atoms with Gasteiger partial charge in [-0.2, -0.15) is 0 Å². The molecular formula is C43H52BN5O12S. The Hall–Kier alpha value is -5.37. The summed E-state index contributed by atoms with van der Waals surface area (Å²) in [7, 11) is 0.541. The monoisotopic (exact) mass is 873 g/mol. The summed E-state index contributed by atoms with van der Waals surface area (Å²) in [6, 6.07) is 11.6. The molecule has 17 nitrogen and oxygen atoms in total. The van der Waals surface area contributed by atoms with Gasteiger partial charge >= 0.3 is 37.0 Å². The Morgan fingerprint density at radius 1 is 1.03 bits per heavy atom. The van der Waals surface area contributed by atoms with Crippen molar-refractivity contribution in [3.8, 4) is 5.75 Å². The van der Waals surface area contributed by atoms with Crippen molar-refractivity contribution in [2.75, 3.05) is 25.5 Å². The number of piperazine rings is 1. The van der Waals surface area contributed by atoms with Gasteiger partial charge in [-0.1, -0.05) is 56.3 Å². The van der Waals surface area contributed by atoms with Crippen molar-refractivity contribution in [1.82, 2.24) is 20.3 Å². The van der Waals surface area contributed by atoms with E-state index in [4.69, 9.17) is 23.5 Å². The van der Waals surface area contributed by atoms with Crippen LogP contribution in [-0.2, 0) is 46.2 Å². The maximum atomic E-state index is 14.9. The van der Waals surface area contributed by atoms with Crippen LogP contribution in [-0.4, -0.2) is 100 Å². The summed E-state index contributed by atoms with van der Waals surface area (Å²) in [6.45, 7) is 11.1. The lowest BCUT2D eigenvalue weighted by Gasteiger charge is -2.64. The molecule has 2 saturated heterocycles. The SMILES string of the molecule is COc1c(C[C@H](CC(=O)C(NC(=O)N2CCN(O)C(=O)C2=O)c2csc(NC(=O)OCc3ccccc3)n2)B2OC3C[C@H]4C[C@@H](C4(C)C)[C@]3(C)O2)cccc1C(=O)OC(C)(C)C. The van der Waals surface area contributed by atoms with Crippen molar-refractivity contribution in [3.63, 3.8) is 0 Å². The smallest absolute Gasteiger partial charge is 0.461 e. The number of urea groups is 1. The first-order chi connectivity index (χ1) is 29.3. The first-order valence-corrected chi connectivity index (χ1v) is 21.5. The van der Waals surface area contributed by atoms with Gasteiger partial charge in [-0.05, 0) is 81.4 Å². The number of rotatable bonds is 13. The number of Topliss-reactive ketones (excluding diaryl/α,β-unsaturated/α-hetero) is 1. The predicted octanol–water partition coefficient (Wildman–Crippen LogP) is 5.97. The number of hydrogen-bond donors (Lipinski definition) is 3. The molecule has 3 heterocycles. The number of nitrogens with one attached hydrogen (secondary N) is 2. The number of carbonyl (C=O) groups excluding carboxylic acids is 6. The summed E-state index contributed by atoms with van der Waals surface area (Å²) in [5.41, 5.74) is 0.163. The van der Waals surface area contributed by atoms with E-state index in [9.17, 15) is 34.0 Å². The molecule has 2 aromatic carbocycles. The highest BCUT2D eigenvalue weighted by Crippen LogP contribution is 2.66. The Balaban J connectivity index is 1.19. The average molecular weight is 874 g/mol.